The molecule has 156 valence electrons. The van der Waals surface area contributed by atoms with E-state index in [1.165, 1.54) is 70.6 Å². The molecule has 0 atom stereocenters. The van der Waals surface area contributed by atoms with Crippen LogP contribution in [0.5, 0.6) is 0 Å². The minimum absolute atomic E-state index is 0.0780. The number of rotatable bonds is 12. The summed E-state index contributed by atoms with van der Waals surface area (Å²) in [6.45, 7) is 4.97. The van der Waals surface area contributed by atoms with Crippen LogP contribution in [0.2, 0.25) is 0 Å². The largest absolute Gasteiger partial charge is 0.352 e. The van der Waals surface area contributed by atoms with Crippen LogP contribution in [-0.2, 0) is 9.47 Å². The Bertz CT molecular complexity index is 415. The lowest BCUT2D eigenvalue weighted by Crippen LogP contribution is -2.31. The molecule has 2 aliphatic carbocycles. The van der Waals surface area contributed by atoms with Gasteiger partial charge in [-0.15, -0.1) is 0 Å². The normalized spacial score (nSPS) is 31.5. The molecule has 0 radical (unpaired) electrons. The van der Waals surface area contributed by atoms with Crippen molar-refractivity contribution in [2.45, 2.75) is 129 Å². The summed E-state index contributed by atoms with van der Waals surface area (Å²) in [6.07, 6.45) is 20.0. The number of nitrogens with zero attached hydrogens (tertiary/aromatic N) is 1. The van der Waals surface area contributed by atoms with Crippen LogP contribution in [-0.4, -0.2) is 19.0 Å². The molecule has 0 aromatic rings. The fourth-order valence-corrected chi connectivity index (χ4v) is 4.93. The van der Waals surface area contributed by atoms with Crippen molar-refractivity contribution in [2.24, 2.45) is 11.3 Å². The molecule has 0 bridgehead atoms. The summed E-state index contributed by atoms with van der Waals surface area (Å²) in [5.74, 6) is 0.931. The van der Waals surface area contributed by atoms with Gasteiger partial charge in [0.05, 0.1) is 23.7 Å². The van der Waals surface area contributed by atoms with E-state index < -0.39 is 0 Å². The van der Waals surface area contributed by atoms with Gasteiger partial charge in [0.25, 0.3) is 0 Å². The monoisotopic (exact) mass is 377 g/mol. The number of nitriles is 1. The van der Waals surface area contributed by atoms with E-state index in [0.29, 0.717) is 19.0 Å². The zero-order chi connectivity index (χ0) is 19.4. The summed E-state index contributed by atoms with van der Waals surface area (Å²) in [6, 6.07) is 2.65. The number of hydrogen-bond acceptors (Lipinski definition) is 3. The first-order valence-corrected chi connectivity index (χ1v) is 11.9. The third kappa shape index (κ3) is 8.12. The SMILES string of the molecule is CCCCCCC1(C#N)CCC(OCOC2CCC(CCCC)CC2)CC1. The van der Waals surface area contributed by atoms with Gasteiger partial charge in [-0.3, -0.25) is 0 Å². The van der Waals surface area contributed by atoms with Gasteiger partial charge in [0.1, 0.15) is 6.79 Å². The van der Waals surface area contributed by atoms with Gasteiger partial charge in [-0.25, -0.2) is 0 Å². The zero-order valence-corrected chi connectivity index (χ0v) is 18.0. The lowest BCUT2D eigenvalue weighted by Gasteiger charge is -2.35. The minimum atomic E-state index is -0.0780. The number of hydrogen-bond donors (Lipinski definition) is 0. The fourth-order valence-electron chi connectivity index (χ4n) is 4.93. The Hall–Kier alpha value is -0.590. The molecule has 0 unspecified atom stereocenters. The lowest BCUT2D eigenvalue weighted by molar-refractivity contribution is -0.137. The number of unbranched alkanes of at least 4 members (excludes halogenated alkanes) is 4. The van der Waals surface area contributed by atoms with Gasteiger partial charge in [0.15, 0.2) is 0 Å². The van der Waals surface area contributed by atoms with Crippen LogP contribution < -0.4 is 0 Å². The summed E-state index contributed by atoms with van der Waals surface area (Å²) in [5.41, 5.74) is -0.0780. The molecule has 2 rings (SSSR count). The molecule has 0 amide bonds. The summed E-state index contributed by atoms with van der Waals surface area (Å²) in [7, 11) is 0. The van der Waals surface area contributed by atoms with Crippen LogP contribution in [0.3, 0.4) is 0 Å². The Morgan fingerprint density at radius 3 is 2.04 bits per heavy atom. The molecule has 27 heavy (non-hydrogen) atoms. The maximum atomic E-state index is 9.69. The van der Waals surface area contributed by atoms with Crippen LogP contribution in [0.25, 0.3) is 0 Å². The van der Waals surface area contributed by atoms with E-state index >= 15 is 0 Å². The third-order valence-electron chi connectivity index (χ3n) is 7.00. The van der Waals surface area contributed by atoms with Crippen LogP contribution >= 0.6 is 0 Å². The van der Waals surface area contributed by atoms with E-state index in [9.17, 15) is 5.26 Å². The van der Waals surface area contributed by atoms with Crippen LogP contribution in [0.15, 0.2) is 0 Å². The molecule has 0 saturated heterocycles. The molecule has 2 fully saturated rings. The molecule has 2 saturated carbocycles. The van der Waals surface area contributed by atoms with Gasteiger partial charge < -0.3 is 9.47 Å². The summed E-state index contributed by atoms with van der Waals surface area (Å²) < 4.78 is 12.0. The molecule has 0 N–H and O–H groups in total. The summed E-state index contributed by atoms with van der Waals surface area (Å²) in [5, 5.41) is 9.69. The third-order valence-corrected chi connectivity index (χ3v) is 7.00. The standard InChI is InChI=1S/C24H43NO2/c1-3-5-7-8-16-24(19-25)17-14-23(15-18-24)27-20-26-22-12-10-21(11-13-22)9-6-4-2/h21-23H,3-18,20H2,1-2H3. The van der Waals surface area contributed by atoms with Gasteiger partial charge in [-0.1, -0.05) is 58.8 Å². The second kappa shape index (κ2) is 12.8. The molecular weight excluding hydrogens is 334 g/mol. The molecule has 0 aromatic carbocycles. The van der Waals surface area contributed by atoms with Crippen molar-refractivity contribution >= 4 is 0 Å². The Kier molecular flexibility index (Phi) is 10.7. The Morgan fingerprint density at radius 1 is 0.815 bits per heavy atom. The predicted molar refractivity (Wildman–Crippen MR) is 111 cm³/mol. The van der Waals surface area contributed by atoms with E-state index in [1.807, 2.05) is 0 Å². The van der Waals surface area contributed by atoms with Crippen molar-refractivity contribution in [3.63, 3.8) is 0 Å². The van der Waals surface area contributed by atoms with E-state index in [2.05, 4.69) is 19.9 Å². The maximum absolute atomic E-state index is 9.69. The molecule has 0 spiro atoms. The fraction of sp³-hybridized carbons (Fsp3) is 0.958. The number of ether oxygens (including phenoxy) is 2. The zero-order valence-electron chi connectivity index (χ0n) is 18.0. The van der Waals surface area contributed by atoms with Gasteiger partial charge >= 0.3 is 0 Å². The molecule has 0 aliphatic heterocycles. The molecule has 2 aliphatic rings. The van der Waals surface area contributed by atoms with Gasteiger partial charge in [-0.2, -0.15) is 5.26 Å². The van der Waals surface area contributed by atoms with Crippen molar-refractivity contribution in [1.82, 2.24) is 0 Å². The second-order valence-corrected chi connectivity index (χ2v) is 9.14. The highest BCUT2D eigenvalue weighted by Gasteiger charge is 2.35. The highest BCUT2D eigenvalue weighted by atomic mass is 16.7. The second-order valence-electron chi connectivity index (χ2n) is 9.14. The quantitative estimate of drug-likeness (QED) is 0.268. The van der Waals surface area contributed by atoms with Crippen molar-refractivity contribution in [2.75, 3.05) is 6.79 Å². The van der Waals surface area contributed by atoms with Gasteiger partial charge in [-0.05, 0) is 63.7 Å². The van der Waals surface area contributed by atoms with Crippen LogP contribution in [0, 0.1) is 22.7 Å². The minimum Gasteiger partial charge on any atom is -0.352 e. The lowest BCUT2D eigenvalue weighted by atomic mass is 9.71. The summed E-state index contributed by atoms with van der Waals surface area (Å²) >= 11 is 0. The Labute approximate surface area is 168 Å². The highest BCUT2D eigenvalue weighted by molar-refractivity contribution is 5.01. The highest BCUT2D eigenvalue weighted by Crippen LogP contribution is 2.41. The molecule has 0 aromatic heterocycles. The molecular formula is C24H43NO2. The Balaban J connectivity index is 1.56. The topological polar surface area (TPSA) is 42.2 Å². The van der Waals surface area contributed by atoms with E-state index in [-0.39, 0.29) is 5.41 Å². The predicted octanol–water partition coefficient (Wildman–Crippen LogP) is 7.15. The van der Waals surface area contributed by atoms with Gasteiger partial charge in [0.2, 0.25) is 0 Å². The smallest absolute Gasteiger partial charge is 0.147 e. The van der Waals surface area contributed by atoms with E-state index in [4.69, 9.17) is 9.47 Å². The molecule has 3 nitrogen and oxygen atoms in total. The van der Waals surface area contributed by atoms with E-state index in [1.54, 1.807) is 0 Å². The molecule has 3 heteroatoms. The van der Waals surface area contributed by atoms with Crippen molar-refractivity contribution in [1.29, 1.82) is 5.26 Å². The molecule has 0 heterocycles. The average Bonchev–Trinajstić information content (AvgIpc) is 2.72. The summed E-state index contributed by atoms with van der Waals surface area (Å²) in [4.78, 5) is 0. The van der Waals surface area contributed by atoms with Crippen LogP contribution in [0.1, 0.15) is 117 Å². The van der Waals surface area contributed by atoms with Crippen molar-refractivity contribution in [3.05, 3.63) is 0 Å². The van der Waals surface area contributed by atoms with E-state index in [0.717, 1.165) is 38.0 Å². The Morgan fingerprint density at radius 2 is 1.44 bits per heavy atom. The van der Waals surface area contributed by atoms with Crippen LogP contribution in [0.4, 0.5) is 0 Å². The first kappa shape index (κ1) is 22.7. The van der Waals surface area contributed by atoms with Gasteiger partial charge in [0, 0.05) is 0 Å². The van der Waals surface area contributed by atoms with Crippen molar-refractivity contribution in [3.8, 4) is 6.07 Å². The first-order chi connectivity index (χ1) is 13.2. The van der Waals surface area contributed by atoms with Crippen molar-refractivity contribution < 1.29 is 9.47 Å². The maximum Gasteiger partial charge on any atom is 0.147 e. The average molecular weight is 378 g/mol. The first-order valence-electron chi connectivity index (χ1n) is 11.9.